The molecule has 1 N–H and O–H groups in total. The van der Waals surface area contributed by atoms with Gasteiger partial charge in [0.15, 0.2) is 5.65 Å². The summed E-state index contributed by atoms with van der Waals surface area (Å²) in [6, 6.07) is 11.8. The van der Waals surface area contributed by atoms with Crippen molar-refractivity contribution in [3.8, 4) is 5.75 Å². The van der Waals surface area contributed by atoms with Crippen LogP contribution in [0.3, 0.4) is 0 Å². The zero-order chi connectivity index (χ0) is 20.5. The third-order valence-electron chi connectivity index (χ3n) is 4.65. The number of aromatic nitrogens is 3. The van der Waals surface area contributed by atoms with Crippen molar-refractivity contribution >= 4 is 17.1 Å². The second-order valence-electron chi connectivity index (χ2n) is 6.70. The standard InChI is InChI=1S/C22H28N4O3/c1-3-29-18-8-6-17(7-9-18)12-14-23-21(27)11-10-20-25-19-5-4-13-24-22(19)26(20)15-16-28-2/h4-9,13H,3,10-12,14-16H2,1-2H3,(H,23,27). The summed E-state index contributed by atoms with van der Waals surface area (Å²) in [4.78, 5) is 21.3. The third-order valence-corrected chi connectivity index (χ3v) is 4.65. The number of imidazole rings is 1. The van der Waals surface area contributed by atoms with E-state index in [0.29, 0.717) is 39.1 Å². The van der Waals surface area contributed by atoms with Crippen LogP contribution in [0.5, 0.6) is 5.75 Å². The lowest BCUT2D eigenvalue weighted by atomic mass is 10.1. The van der Waals surface area contributed by atoms with E-state index < -0.39 is 0 Å². The van der Waals surface area contributed by atoms with Gasteiger partial charge in [0, 0.05) is 39.2 Å². The summed E-state index contributed by atoms with van der Waals surface area (Å²) >= 11 is 0. The van der Waals surface area contributed by atoms with Crippen molar-refractivity contribution in [3.63, 3.8) is 0 Å². The Morgan fingerprint density at radius 3 is 2.76 bits per heavy atom. The van der Waals surface area contributed by atoms with E-state index in [1.807, 2.05) is 47.9 Å². The SMILES string of the molecule is CCOc1ccc(CCNC(=O)CCc2nc3cccnc3n2CCOC)cc1. The minimum Gasteiger partial charge on any atom is -0.494 e. The topological polar surface area (TPSA) is 78.3 Å². The molecule has 1 amide bonds. The molecule has 0 unspecified atom stereocenters. The van der Waals surface area contributed by atoms with Crippen LogP contribution in [0.4, 0.5) is 0 Å². The second kappa shape index (κ2) is 10.6. The zero-order valence-electron chi connectivity index (χ0n) is 17.1. The number of rotatable bonds is 11. The van der Waals surface area contributed by atoms with Crippen molar-refractivity contribution in [2.24, 2.45) is 0 Å². The van der Waals surface area contributed by atoms with E-state index in [0.717, 1.165) is 29.2 Å². The van der Waals surface area contributed by atoms with Gasteiger partial charge in [-0.15, -0.1) is 0 Å². The van der Waals surface area contributed by atoms with Gasteiger partial charge in [-0.1, -0.05) is 12.1 Å². The number of aryl methyl sites for hydroxylation is 1. The summed E-state index contributed by atoms with van der Waals surface area (Å²) in [6.07, 6.45) is 3.49. The van der Waals surface area contributed by atoms with Crippen molar-refractivity contribution in [2.45, 2.75) is 32.7 Å². The number of hydrogen-bond donors (Lipinski definition) is 1. The number of nitrogens with one attached hydrogen (secondary N) is 1. The number of methoxy groups -OCH3 is 1. The summed E-state index contributed by atoms with van der Waals surface area (Å²) in [7, 11) is 1.67. The molecule has 29 heavy (non-hydrogen) atoms. The summed E-state index contributed by atoms with van der Waals surface area (Å²) in [6.45, 7) is 4.47. The molecule has 0 bridgehead atoms. The number of fused-ring (bicyclic) bond motifs is 1. The molecule has 0 aliphatic carbocycles. The first-order valence-electron chi connectivity index (χ1n) is 9.98. The van der Waals surface area contributed by atoms with Gasteiger partial charge in [-0.25, -0.2) is 9.97 Å². The predicted octanol–water partition coefficient (Wildman–Crippen LogP) is 2.77. The number of carbonyl (C=O) groups is 1. The molecule has 0 aliphatic rings. The number of nitrogens with zero attached hydrogens (tertiary/aromatic N) is 3. The molecule has 3 aromatic rings. The number of amides is 1. The summed E-state index contributed by atoms with van der Waals surface area (Å²) in [5, 5.41) is 2.99. The van der Waals surface area contributed by atoms with Crippen LogP contribution in [0.2, 0.25) is 0 Å². The van der Waals surface area contributed by atoms with Crippen LogP contribution in [0, 0.1) is 0 Å². The fourth-order valence-corrected chi connectivity index (χ4v) is 3.19. The van der Waals surface area contributed by atoms with Crippen LogP contribution in [0.25, 0.3) is 11.2 Å². The molecule has 2 heterocycles. The van der Waals surface area contributed by atoms with Gasteiger partial charge < -0.3 is 19.4 Å². The molecule has 2 aromatic heterocycles. The smallest absolute Gasteiger partial charge is 0.220 e. The molecule has 0 saturated carbocycles. The minimum atomic E-state index is 0.0224. The molecule has 3 rings (SSSR count). The predicted molar refractivity (Wildman–Crippen MR) is 112 cm³/mol. The average molecular weight is 396 g/mol. The quantitative estimate of drug-likeness (QED) is 0.539. The van der Waals surface area contributed by atoms with Gasteiger partial charge in [0.05, 0.1) is 13.2 Å². The number of pyridine rings is 1. The summed E-state index contributed by atoms with van der Waals surface area (Å²) in [5.74, 6) is 1.75. The van der Waals surface area contributed by atoms with Crippen molar-refractivity contribution in [3.05, 3.63) is 54.0 Å². The van der Waals surface area contributed by atoms with E-state index >= 15 is 0 Å². The highest BCUT2D eigenvalue weighted by Crippen LogP contribution is 2.15. The highest BCUT2D eigenvalue weighted by atomic mass is 16.5. The van der Waals surface area contributed by atoms with Crippen LogP contribution < -0.4 is 10.1 Å². The Bertz CT molecular complexity index is 921. The molecule has 0 aliphatic heterocycles. The highest BCUT2D eigenvalue weighted by Gasteiger charge is 2.13. The fraction of sp³-hybridized carbons (Fsp3) is 0.409. The fourth-order valence-electron chi connectivity index (χ4n) is 3.19. The van der Waals surface area contributed by atoms with E-state index in [2.05, 4.69) is 15.3 Å². The van der Waals surface area contributed by atoms with Crippen molar-refractivity contribution < 1.29 is 14.3 Å². The van der Waals surface area contributed by atoms with Gasteiger partial charge >= 0.3 is 0 Å². The number of carbonyl (C=O) groups excluding carboxylic acids is 1. The normalized spacial score (nSPS) is 11.0. The van der Waals surface area contributed by atoms with Crippen LogP contribution in [0.15, 0.2) is 42.6 Å². The molecular formula is C22H28N4O3. The van der Waals surface area contributed by atoms with Crippen LogP contribution >= 0.6 is 0 Å². The summed E-state index contributed by atoms with van der Waals surface area (Å²) < 4.78 is 12.7. The van der Waals surface area contributed by atoms with Crippen molar-refractivity contribution in [2.75, 3.05) is 26.9 Å². The Hall–Kier alpha value is -2.93. The van der Waals surface area contributed by atoms with Crippen LogP contribution in [-0.2, 0) is 28.9 Å². The first-order chi connectivity index (χ1) is 14.2. The van der Waals surface area contributed by atoms with E-state index in [1.54, 1.807) is 13.3 Å². The number of ether oxygens (including phenoxy) is 2. The van der Waals surface area contributed by atoms with E-state index in [9.17, 15) is 4.79 Å². The Kier molecular flexibility index (Phi) is 7.58. The monoisotopic (exact) mass is 396 g/mol. The van der Waals surface area contributed by atoms with Crippen LogP contribution in [0.1, 0.15) is 24.7 Å². The van der Waals surface area contributed by atoms with E-state index in [4.69, 9.17) is 9.47 Å². The van der Waals surface area contributed by atoms with Gasteiger partial charge in [-0.2, -0.15) is 0 Å². The summed E-state index contributed by atoms with van der Waals surface area (Å²) in [5.41, 5.74) is 2.84. The van der Waals surface area contributed by atoms with E-state index in [1.165, 1.54) is 5.56 Å². The first-order valence-corrected chi connectivity index (χ1v) is 9.98. The minimum absolute atomic E-state index is 0.0224. The third kappa shape index (κ3) is 5.77. The molecule has 0 radical (unpaired) electrons. The van der Waals surface area contributed by atoms with Crippen molar-refractivity contribution in [1.82, 2.24) is 19.9 Å². The first kappa shape index (κ1) is 20.8. The average Bonchev–Trinajstić information content (AvgIpc) is 3.09. The molecule has 1 aromatic carbocycles. The van der Waals surface area contributed by atoms with E-state index in [-0.39, 0.29) is 5.91 Å². The lowest BCUT2D eigenvalue weighted by molar-refractivity contribution is -0.121. The van der Waals surface area contributed by atoms with Gasteiger partial charge in [-0.05, 0) is 43.2 Å². The van der Waals surface area contributed by atoms with Gasteiger partial charge in [0.1, 0.15) is 17.1 Å². The van der Waals surface area contributed by atoms with Gasteiger partial charge in [0.2, 0.25) is 5.91 Å². The molecule has 7 heteroatoms. The van der Waals surface area contributed by atoms with Crippen molar-refractivity contribution in [1.29, 1.82) is 0 Å². The molecule has 0 atom stereocenters. The van der Waals surface area contributed by atoms with Gasteiger partial charge in [0.25, 0.3) is 0 Å². The zero-order valence-corrected chi connectivity index (χ0v) is 17.1. The maximum Gasteiger partial charge on any atom is 0.220 e. The molecular weight excluding hydrogens is 368 g/mol. The second-order valence-corrected chi connectivity index (χ2v) is 6.70. The molecule has 7 nitrogen and oxygen atoms in total. The Balaban J connectivity index is 1.50. The Morgan fingerprint density at radius 1 is 1.17 bits per heavy atom. The maximum atomic E-state index is 12.3. The molecule has 0 spiro atoms. The molecule has 154 valence electrons. The number of benzene rings is 1. The maximum absolute atomic E-state index is 12.3. The lowest BCUT2D eigenvalue weighted by Gasteiger charge is -2.09. The Labute approximate surface area is 171 Å². The highest BCUT2D eigenvalue weighted by molar-refractivity contribution is 5.76. The lowest BCUT2D eigenvalue weighted by Crippen LogP contribution is -2.26. The number of hydrogen-bond acceptors (Lipinski definition) is 5. The molecule has 0 saturated heterocycles. The largest absolute Gasteiger partial charge is 0.494 e. The van der Waals surface area contributed by atoms with Gasteiger partial charge in [-0.3, -0.25) is 4.79 Å². The van der Waals surface area contributed by atoms with Crippen LogP contribution in [-0.4, -0.2) is 47.3 Å². The Morgan fingerprint density at radius 2 is 2.00 bits per heavy atom. The molecule has 0 fully saturated rings.